The van der Waals surface area contributed by atoms with Gasteiger partial charge in [-0.15, -0.1) is 0 Å². The lowest BCUT2D eigenvalue weighted by Gasteiger charge is -2.22. The lowest BCUT2D eigenvalue weighted by Crippen LogP contribution is -2.17. The number of anilines is 4. The van der Waals surface area contributed by atoms with Crippen molar-refractivity contribution in [3.8, 4) is 5.75 Å². The van der Waals surface area contributed by atoms with Gasteiger partial charge in [0.2, 0.25) is 0 Å². The van der Waals surface area contributed by atoms with Gasteiger partial charge in [-0.05, 0) is 55.8 Å². The fourth-order valence-electron chi connectivity index (χ4n) is 2.66. The van der Waals surface area contributed by atoms with E-state index < -0.39 is 0 Å². The zero-order valence-corrected chi connectivity index (χ0v) is 14.7. The van der Waals surface area contributed by atoms with Crippen LogP contribution in [0.4, 0.5) is 23.0 Å². The van der Waals surface area contributed by atoms with Crippen molar-refractivity contribution in [2.75, 3.05) is 23.9 Å². The zero-order valence-electron chi connectivity index (χ0n) is 14.7. The van der Waals surface area contributed by atoms with Gasteiger partial charge in [0.15, 0.2) is 0 Å². The predicted octanol–water partition coefficient (Wildman–Crippen LogP) is 4.70. The van der Waals surface area contributed by atoms with Crippen LogP contribution < -0.4 is 15.0 Å². The van der Waals surface area contributed by atoms with Gasteiger partial charge in [0.1, 0.15) is 23.7 Å². The molecule has 1 N–H and O–H groups in total. The second-order valence-electron chi connectivity index (χ2n) is 5.70. The first kappa shape index (κ1) is 16.8. The van der Waals surface area contributed by atoms with Gasteiger partial charge in [-0.25, -0.2) is 9.97 Å². The van der Waals surface area contributed by atoms with E-state index in [2.05, 4.69) is 58.3 Å². The Morgan fingerprint density at radius 3 is 2.52 bits per heavy atom. The summed E-state index contributed by atoms with van der Waals surface area (Å²) in [7, 11) is 1.66. The third kappa shape index (κ3) is 4.07. The first-order valence-electron chi connectivity index (χ1n) is 8.27. The molecular weight excluding hydrogens is 312 g/mol. The van der Waals surface area contributed by atoms with Crippen LogP contribution in [-0.4, -0.2) is 23.6 Å². The Bertz CT molecular complexity index is 833. The molecule has 0 aliphatic rings. The lowest BCUT2D eigenvalue weighted by atomic mass is 10.2. The van der Waals surface area contributed by atoms with E-state index in [9.17, 15) is 0 Å². The van der Waals surface area contributed by atoms with Crippen molar-refractivity contribution < 1.29 is 4.74 Å². The monoisotopic (exact) mass is 334 g/mol. The van der Waals surface area contributed by atoms with Crippen molar-refractivity contribution in [2.24, 2.45) is 0 Å². The topological polar surface area (TPSA) is 50.3 Å². The van der Waals surface area contributed by atoms with Gasteiger partial charge >= 0.3 is 0 Å². The summed E-state index contributed by atoms with van der Waals surface area (Å²) in [4.78, 5) is 10.9. The van der Waals surface area contributed by atoms with Crippen LogP contribution in [0.25, 0.3) is 0 Å². The van der Waals surface area contributed by atoms with E-state index in [-0.39, 0.29) is 0 Å². The molecule has 2 aromatic carbocycles. The summed E-state index contributed by atoms with van der Waals surface area (Å²) in [5.41, 5.74) is 3.29. The number of hydrogen-bond acceptors (Lipinski definition) is 5. The molecule has 0 unspecified atom stereocenters. The standard InChI is InChI=1S/C20H22N4O/c1-4-24(17-7-5-6-15(2)12-17)20-13-19(21-14-22-20)23-16-8-10-18(25-3)11-9-16/h5-14H,4H2,1-3H3,(H,21,22,23). The van der Waals surface area contributed by atoms with Crippen molar-refractivity contribution in [3.63, 3.8) is 0 Å². The third-order valence-corrected chi connectivity index (χ3v) is 3.92. The summed E-state index contributed by atoms with van der Waals surface area (Å²) < 4.78 is 5.18. The molecule has 0 bridgehead atoms. The first-order chi connectivity index (χ1) is 12.2. The summed E-state index contributed by atoms with van der Waals surface area (Å²) in [5.74, 6) is 2.44. The van der Waals surface area contributed by atoms with Crippen LogP contribution in [0.5, 0.6) is 5.75 Å². The minimum atomic E-state index is 0.751. The fourth-order valence-corrected chi connectivity index (χ4v) is 2.66. The number of hydrogen-bond donors (Lipinski definition) is 1. The minimum absolute atomic E-state index is 0.751. The Balaban J connectivity index is 1.84. The van der Waals surface area contributed by atoms with Crippen LogP contribution in [0.1, 0.15) is 12.5 Å². The van der Waals surface area contributed by atoms with E-state index in [4.69, 9.17) is 4.74 Å². The highest BCUT2D eigenvalue weighted by Gasteiger charge is 2.10. The lowest BCUT2D eigenvalue weighted by molar-refractivity contribution is 0.415. The van der Waals surface area contributed by atoms with Gasteiger partial charge in [-0.3, -0.25) is 0 Å². The van der Waals surface area contributed by atoms with Crippen LogP contribution >= 0.6 is 0 Å². The van der Waals surface area contributed by atoms with Crippen LogP contribution in [-0.2, 0) is 0 Å². The average Bonchev–Trinajstić information content (AvgIpc) is 2.63. The van der Waals surface area contributed by atoms with Gasteiger partial charge in [0.25, 0.3) is 0 Å². The molecule has 0 aliphatic carbocycles. The van der Waals surface area contributed by atoms with E-state index in [0.717, 1.165) is 35.3 Å². The molecule has 0 amide bonds. The van der Waals surface area contributed by atoms with Crippen molar-refractivity contribution in [2.45, 2.75) is 13.8 Å². The largest absolute Gasteiger partial charge is 0.497 e. The summed E-state index contributed by atoms with van der Waals surface area (Å²) in [5, 5.41) is 3.30. The van der Waals surface area contributed by atoms with Crippen molar-refractivity contribution in [3.05, 3.63) is 66.5 Å². The molecule has 128 valence electrons. The number of nitrogens with one attached hydrogen (secondary N) is 1. The minimum Gasteiger partial charge on any atom is -0.497 e. The molecule has 0 spiro atoms. The summed E-state index contributed by atoms with van der Waals surface area (Å²) in [6, 6.07) is 18.1. The molecule has 3 rings (SSSR count). The van der Waals surface area contributed by atoms with Gasteiger partial charge < -0.3 is 15.0 Å². The Hall–Kier alpha value is -3.08. The third-order valence-electron chi connectivity index (χ3n) is 3.92. The van der Waals surface area contributed by atoms with Gasteiger partial charge in [-0.2, -0.15) is 0 Å². The van der Waals surface area contributed by atoms with Gasteiger partial charge in [0.05, 0.1) is 7.11 Å². The Morgan fingerprint density at radius 2 is 1.84 bits per heavy atom. The Kier molecular flexibility index (Phi) is 5.14. The number of methoxy groups -OCH3 is 1. The molecule has 5 nitrogen and oxygen atoms in total. The predicted molar refractivity (Wildman–Crippen MR) is 102 cm³/mol. The van der Waals surface area contributed by atoms with E-state index in [1.54, 1.807) is 13.4 Å². The molecule has 0 aliphatic heterocycles. The van der Waals surface area contributed by atoms with Crippen molar-refractivity contribution >= 4 is 23.0 Å². The molecule has 5 heteroatoms. The molecule has 0 saturated carbocycles. The van der Waals surface area contributed by atoms with Crippen LogP contribution in [0, 0.1) is 6.92 Å². The summed E-state index contributed by atoms with van der Waals surface area (Å²) in [6.45, 7) is 5.03. The van der Waals surface area contributed by atoms with E-state index in [0.29, 0.717) is 0 Å². The first-order valence-corrected chi connectivity index (χ1v) is 8.27. The summed E-state index contributed by atoms with van der Waals surface area (Å²) >= 11 is 0. The molecule has 0 fully saturated rings. The van der Waals surface area contributed by atoms with Gasteiger partial charge in [0, 0.05) is 24.0 Å². The number of benzene rings is 2. The summed E-state index contributed by atoms with van der Waals surface area (Å²) in [6.07, 6.45) is 1.58. The number of rotatable bonds is 6. The fraction of sp³-hybridized carbons (Fsp3) is 0.200. The maximum atomic E-state index is 5.18. The molecule has 3 aromatic rings. The second-order valence-corrected chi connectivity index (χ2v) is 5.70. The smallest absolute Gasteiger partial charge is 0.138 e. The average molecular weight is 334 g/mol. The number of aryl methyl sites for hydroxylation is 1. The van der Waals surface area contributed by atoms with Crippen LogP contribution in [0.2, 0.25) is 0 Å². The Morgan fingerprint density at radius 1 is 1.04 bits per heavy atom. The highest BCUT2D eigenvalue weighted by atomic mass is 16.5. The van der Waals surface area contributed by atoms with Crippen molar-refractivity contribution in [1.82, 2.24) is 9.97 Å². The maximum Gasteiger partial charge on any atom is 0.138 e. The normalized spacial score (nSPS) is 10.4. The highest BCUT2D eigenvalue weighted by molar-refractivity contribution is 5.65. The SMILES string of the molecule is CCN(c1cccc(C)c1)c1cc(Nc2ccc(OC)cc2)ncn1. The number of nitrogens with zero attached hydrogens (tertiary/aromatic N) is 3. The molecule has 1 aromatic heterocycles. The van der Waals surface area contributed by atoms with E-state index in [1.165, 1.54) is 5.56 Å². The van der Waals surface area contributed by atoms with Crippen molar-refractivity contribution in [1.29, 1.82) is 0 Å². The quantitative estimate of drug-likeness (QED) is 0.708. The molecular formula is C20H22N4O. The Labute approximate surface area is 148 Å². The van der Waals surface area contributed by atoms with Crippen LogP contribution in [0.3, 0.4) is 0 Å². The number of aromatic nitrogens is 2. The molecule has 1 heterocycles. The maximum absolute atomic E-state index is 5.18. The van der Waals surface area contributed by atoms with Crippen LogP contribution in [0.15, 0.2) is 60.9 Å². The van der Waals surface area contributed by atoms with E-state index in [1.807, 2.05) is 30.3 Å². The number of ether oxygens (including phenoxy) is 1. The highest BCUT2D eigenvalue weighted by Crippen LogP contribution is 2.26. The molecule has 0 saturated heterocycles. The second kappa shape index (κ2) is 7.66. The van der Waals surface area contributed by atoms with E-state index >= 15 is 0 Å². The molecule has 0 atom stereocenters. The zero-order chi connectivity index (χ0) is 17.6. The van der Waals surface area contributed by atoms with Gasteiger partial charge in [-0.1, -0.05) is 12.1 Å². The molecule has 0 radical (unpaired) electrons. The molecule has 25 heavy (non-hydrogen) atoms.